The van der Waals surface area contributed by atoms with Gasteiger partial charge in [0.2, 0.25) is 5.89 Å². The number of piperidine rings is 1. The molecule has 2 atom stereocenters. The molecule has 2 aromatic rings. The molecule has 1 aliphatic heterocycles. The largest absolute Gasteiger partial charge is 0.338 e. The van der Waals surface area contributed by atoms with Crippen LogP contribution in [0.5, 0.6) is 0 Å². The van der Waals surface area contributed by atoms with Crippen molar-refractivity contribution in [1.82, 2.24) is 15.5 Å². The number of halogens is 2. The van der Waals surface area contributed by atoms with Gasteiger partial charge in [0.1, 0.15) is 11.6 Å². The molecule has 6 heteroatoms. The van der Waals surface area contributed by atoms with Crippen LogP contribution in [0.1, 0.15) is 43.1 Å². The Morgan fingerprint density at radius 2 is 2.05 bits per heavy atom. The summed E-state index contributed by atoms with van der Waals surface area (Å²) in [5.74, 6) is 0.217. The maximum Gasteiger partial charge on any atom is 0.244 e. The predicted octanol–water partition coefficient (Wildman–Crippen LogP) is 3.00. The second kappa shape index (κ2) is 5.89. The third-order valence-corrected chi connectivity index (χ3v) is 3.80. The number of hydrogen-bond donors (Lipinski definition) is 1. The molecule has 0 bridgehead atoms. The third kappa shape index (κ3) is 3.26. The van der Waals surface area contributed by atoms with Crippen molar-refractivity contribution < 1.29 is 13.3 Å². The van der Waals surface area contributed by atoms with Crippen molar-refractivity contribution in [1.29, 1.82) is 0 Å². The van der Waals surface area contributed by atoms with Crippen molar-refractivity contribution in [2.45, 2.75) is 32.2 Å². The van der Waals surface area contributed by atoms with E-state index in [1.807, 2.05) is 0 Å². The smallest absolute Gasteiger partial charge is 0.244 e. The topological polar surface area (TPSA) is 51.0 Å². The fourth-order valence-electron chi connectivity index (χ4n) is 2.74. The van der Waals surface area contributed by atoms with Gasteiger partial charge in [-0.15, -0.1) is 0 Å². The van der Waals surface area contributed by atoms with E-state index in [4.69, 9.17) is 4.52 Å². The fourth-order valence-corrected chi connectivity index (χ4v) is 2.74. The molecule has 4 nitrogen and oxygen atoms in total. The van der Waals surface area contributed by atoms with Gasteiger partial charge in [-0.05, 0) is 43.0 Å². The zero-order valence-electron chi connectivity index (χ0n) is 11.8. The average molecular weight is 293 g/mol. The summed E-state index contributed by atoms with van der Waals surface area (Å²) in [6.45, 7) is 3.07. The first-order valence-corrected chi connectivity index (χ1v) is 7.12. The summed E-state index contributed by atoms with van der Waals surface area (Å²) in [7, 11) is 0. The van der Waals surface area contributed by atoms with Gasteiger partial charge in [-0.3, -0.25) is 0 Å². The Bertz CT molecular complexity index is 609. The number of rotatable bonds is 3. The summed E-state index contributed by atoms with van der Waals surface area (Å²) < 4.78 is 31.6. The van der Waals surface area contributed by atoms with Crippen LogP contribution in [0.25, 0.3) is 0 Å². The number of nitrogens with zero attached hydrogens (tertiary/aromatic N) is 2. The highest BCUT2D eigenvalue weighted by molar-refractivity contribution is 5.21. The standard InChI is InChI=1S/C15H17F2N3O/c1-9-3-2-4-18-14(9)15-19-13(20-21-15)7-10-5-11(16)8-12(17)6-10/h5-6,8-9,14,18H,2-4,7H2,1H3. The van der Waals surface area contributed by atoms with Gasteiger partial charge in [0.15, 0.2) is 5.82 Å². The summed E-state index contributed by atoms with van der Waals surface area (Å²) in [6, 6.07) is 3.46. The molecular weight excluding hydrogens is 276 g/mol. The molecule has 0 spiro atoms. The van der Waals surface area contributed by atoms with E-state index >= 15 is 0 Å². The number of nitrogens with one attached hydrogen (secondary N) is 1. The maximum atomic E-state index is 13.2. The first kappa shape index (κ1) is 14.1. The Morgan fingerprint density at radius 3 is 2.76 bits per heavy atom. The van der Waals surface area contributed by atoms with E-state index in [2.05, 4.69) is 22.4 Å². The fraction of sp³-hybridized carbons (Fsp3) is 0.467. The second-order valence-corrected chi connectivity index (χ2v) is 5.55. The number of aromatic nitrogens is 2. The monoisotopic (exact) mass is 293 g/mol. The van der Waals surface area contributed by atoms with Gasteiger partial charge < -0.3 is 9.84 Å². The summed E-state index contributed by atoms with van der Waals surface area (Å²) in [4.78, 5) is 4.35. The summed E-state index contributed by atoms with van der Waals surface area (Å²) in [6.07, 6.45) is 2.50. The maximum absolute atomic E-state index is 13.2. The first-order valence-electron chi connectivity index (χ1n) is 7.12. The lowest BCUT2D eigenvalue weighted by Gasteiger charge is -2.26. The number of benzene rings is 1. The highest BCUT2D eigenvalue weighted by Gasteiger charge is 2.27. The molecule has 0 aliphatic carbocycles. The van der Waals surface area contributed by atoms with Crippen molar-refractivity contribution in [2.24, 2.45) is 5.92 Å². The molecule has 21 heavy (non-hydrogen) atoms. The quantitative estimate of drug-likeness (QED) is 0.945. The lowest BCUT2D eigenvalue weighted by atomic mass is 9.93. The normalized spacial score (nSPS) is 22.4. The van der Waals surface area contributed by atoms with E-state index in [0.29, 0.717) is 23.2 Å². The van der Waals surface area contributed by atoms with Crippen LogP contribution >= 0.6 is 0 Å². The van der Waals surface area contributed by atoms with Gasteiger partial charge in [0.05, 0.1) is 6.04 Å². The molecule has 1 N–H and O–H groups in total. The molecule has 3 rings (SSSR count). The van der Waals surface area contributed by atoms with Gasteiger partial charge >= 0.3 is 0 Å². The van der Waals surface area contributed by atoms with Crippen LogP contribution in [0.3, 0.4) is 0 Å². The molecule has 0 saturated carbocycles. The summed E-state index contributed by atoms with van der Waals surface area (Å²) >= 11 is 0. The van der Waals surface area contributed by atoms with Crippen LogP contribution in [-0.4, -0.2) is 16.7 Å². The van der Waals surface area contributed by atoms with E-state index in [1.54, 1.807) is 0 Å². The van der Waals surface area contributed by atoms with Gasteiger partial charge in [0, 0.05) is 12.5 Å². The molecule has 112 valence electrons. The molecule has 1 aliphatic rings. The average Bonchev–Trinajstić information content (AvgIpc) is 2.86. The van der Waals surface area contributed by atoms with E-state index in [1.165, 1.54) is 12.1 Å². The van der Waals surface area contributed by atoms with E-state index in [0.717, 1.165) is 25.5 Å². The van der Waals surface area contributed by atoms with Crippen LogP contribution in [0.15, 0.2) is 22.7 Å². The Hall–Kier alpha value is -1.82. The van der Waals surface area contributed by atoms with Crippen LogP contribution in [0, 0.1) is 17.6 Å². The Balaban J connectivity index is 1.75. The van der Waals surface area contributed by atoms with Gasteiger partial charge in [-0.25, -0.2) is 8.78 Å². The Kier molecular flexibility index (Phi) is 3.96. The minimum Gasteiger partial charge on any atom is -0.338 e. The van der Waals surface area contributed by atoms with E-state index < -0.39 is 11.6 Å². The molecule has 2 heterocycles. The molecule has 1 aromatic heterocycles. The van der Waals surface area contributed by atoms with Gasteiger partial charge in [-0.2, -0.15) is 4.98 Å². The molecule has 1 fully saturated rings. The molecule has 0 amide bonds. The summed E-state index contributed by atoms with van der Waals surface area (Å²) in [5.41, 5.74) is 0.490. The lowest BCUT2D eigenvalue weighted by Crippen LogP contribution is -2.33. The third-order valence-electron chi connectivity index (χ3n) is 3.80. The summed E-state index contributed by atoms with van der Waals surface area (Å²) in [5, 5.41) is 7.27. The molecular formula is C15H17F2N3O. The Morgan fingerprint density at radius 1 is 1.29 bits per heavy atom. The molecule has 2 unspecified atom stereocenters. The van der Waals surface area contributed by atoms with Gasteiger partial charge in [-0.1, -0.05) is 12.1 Å². The van der Waals surface area contributed by atoms with Crippen molar-refractivity contribution in [3.05, 3.63) is 47.1 Å². The minimum absolute atomic E-state index is 0.0595. The van der Waals surface area contributed by atoms with Crippen LogP contribution in [0.2, 0.25) is 0 Å². The molecule has 0 radical (unpaired) electrons. The first-order chi connectivity index (χ1) is 10.1. The zero-order chi connectivity index (χ0) is 14.8. The second-order valence-electron chi connectivity index (χ2n) is 5.55. The molecule has 1 aromatic carbocycles. The van der Waals surface area contributed by atoms with Crippen molar-refractivity contribution in [3.63, 3.8) is 0 Å². The predicted molar refractivity (Wildman–Crippen MR) is 72.6 cm³/mol. The Labute approximate surface area is 121 Å². The number of hydrogen-bond acceptors (Lipinski definition) is 4. The van der Waals surface area contributed by atoms with Crippen LogP contribution in [-0.2, 0) is 6.42 Å². The van der Waals surface area contributed by atoms with Crippen LogP contribution in [0.4, 0.5) is 8.78 Å². The van der Waals surface area contributed by atoms with Crippen molar-refractivity contribution in [3.8, 4) is 0 Å². The zero-order valence-corrected chi connectivity index (χ0v) is 11.8. The van der Waals surface area contributed by atoms with E-state index in [-0.39, 0.29) is 12.5 Å². The highest BCUT2D eigenvalue weighted by Crippen LogP contribution is 2.27. The molecule has 1 saturated heterocycles. The van der Waals surface area contributed by atoms with Gasteiger partial charge in [0.25, 0.3) is 0 Å². The van der Waals surface area contributed by atoms with E-state index in [9.17, 15) is 8.78 Å². The van der Waals surface area contributed by atoms with Crippen molar-refractivity contribution >= 4 is 0 Å². The SMILES string of the molecule is CC1CCCNC1c1nc(Cc2cc(F)cc(F)c2)no1. The van der Waals surface area contributed by atoms with Crippen molar-refractivity contribution in [2.75, 3.05) is 6.54 Å². The van der Waals surface area contributed by atoms with Crippen LogP contribution < -0.4 is 5.32 Å². The lowest BCUT2D eigenvalue weighted by molar-refractivity contribution is 0.239. The highest BCUT2D eigenvalue weighted by atomic mass is 19.1. The minimum atomic E-state index is -0.601.